The van der Waals surface area contributed by atoms with Crippen molar-refractivity contribution in [3.8, 4) is 23.6 Å². The van der Waals surface area contributed by atoms with E-state index in [4.69, 9.17) is 4.74 Å². The Hall–Kier alpha value is -2.78. The predicted octanol–water partition coefficient (Wildman–Crippen LogP) is 4.40. The number of para-hydroxylation sites is 2. The van der Waals surface area contributed by atoms with Crippen LogP contribution in [0, 0.1) is 34.5 Å². The van der Waals surface area contributed by atoms with Crippen LogP contribution < -0.4 is 4.74 Å². The van der Waals surface area contributed by atoms with Gasteiger partial charge in [-0.1, -0.05) is 50.2 Å². The van der Waals surface area contributed by atoms with Gasteiger partial charge in [-0.25, -0.2) is 0 Å². The van der Waals surface area contributed by atoms with E-state index >= 15 is 0 Å². The van der Waals surface area contributed by atoms with E-state index in [1.54, 1.807) is 0 Å². The highest BCUT2D eigenvalue weighted by molar-refractivity contribution is 5.60. The fraction of sp³-hybridized carbons (Fsp3) is 0.263. The van der Waals surface area contributed by atoms with E-state index in [0.29, 0.717) is 0 Å². The molecule has 0 aliphatic carbocycles. The van der Waals surface area contributed by atoms with E-state index in [9.17, 15) is 10.5 Å². The van der Waals surface area contributed by atoms with Crippen LogP contribution in [-0.2, 0) is 5.41 Å². The van der Waals surface area contributed by atoms with Gasteiger partial charge in [-0.15, -0.1) is 0 Å². The van der Waals surface area contributed by atoms with Gasteiger partial charge < -0.3 is 4.74 Å². The zero-order valence-electron chi connectivity index (χ0n) is 12.6. The number of nitrogens with zero attached hydrogens (tertiary/aromatic N) is 2. The topological polar surface area (TPSA) is 56.8 Å². The van der Waals surface area contributed by atoms with Crippen LogP contribution in [0.25, 0.3) is 0 Å². The molecule has 3 rings (SSSR count). The Bertz CT molecular complexity index is 736. The van der Waals surface area contributed by atoms with Crippen molar-refractivity contribution in [1.82, 2.24) is 0 Å². The van der Waals surface area contributed by atoms with Crippen LogP contribution in [0.15, 0.2) is 48.5 Å². The summed E-state index contributed by atoms with van der Waals surface area (Å²) >= 11 is 0. The van der Waals surface area contributed by atoms with Gasteiger partial charge in [0.25, 0.3) is 0 Å². The number of hydrogen-bond donors (Lipinski definition) is 0. The Balaban J connectivity index is 2.43. The third-order valence-electron chi connectivity index (χ3n) is 4.51. The molecule has 2 aromatic rings. The highest BCUT2D eigenvalue weighted by Gasteiger charge is 2.50. The molecule has 0 saturated carbocycles. The zero-order chi connectivity index (χ0) is 15.7. The Morgan fingerprint density at radius 3 is 1.73 bits per heavy atom. The Kier molecular flexibility index (Phi) is 3.35. The number of fused-ring (bicyclic) bond motifs is 2. The molecule has 0 amide bonds. The summed E-state index contributed by atoms with van der Waals surface area (Å²) in [6, 6.07) is 19.8. The summed E-state index contributed by atoms with van der Waals surface area (Å²) < 4.78 is 6.00. The summed E-state index contributed by atoms with van der Waals surface area (Å²) in [6.45, 7) is 4.11. The Labute approximate surface area is 130 Å². The first-order chi connectivity index (χ1) is 10.7. The van der Waals surface area contributed by atoms with Gasteiger partial charge in [0.1, 0.15) is 17.4 Å². The van der Waals surface area contributed by atoms with Crippen LogP contribution in [0.4, 0.5) is 0 Å². The standard InChI is InChI=1S/C19H16N2O/c1-13(2)19(14(11-20)12-21)15-7-3-5-9-17(15)22-18-10-6-4-8-16(18)19/h3-10,13-14H,1-2H3. The van der Waals surface area contributed by atoms with Gasteiger partial charge in [0, 0.05) is 11.1 Å². The second kappa shape index (κ2) is 5.20. The van der Waals surface area contributed by atoms with Gasteiger partial charge in [-0.2, -0.15) is 10.5 Å². The Morgan fingerprint density at radius 2 is 1.32 bits per heavy atom. The summed E-state index contributed by atoms with van der Waals surface area (Å²) in [5.74, 6) is 0.748. The number of nitriles is 2. The summed E-state index contributed by atoms with van der Waals surface area (Å²) in [5, 5.41) is 19.3. The molecule has 0 spiro atoms. The van der Waals surface area contributed by atoms with Crippen molar-refractivity contribution in [2.24, 2.45) is 11.8 Å². The van der Waals surface area contributed by atoms with Gasteiger partial charge in [-0.3, -0.25) is 0 Å². The molecule has 1 heterocycles. The molecule has 22 heavy (non-hydrogen) atoms. The average molecular weight is 288 g/mol. The molecule has 108 valence electrons. The highest BCUT2D eigenvalue weighted by Crippen LogP contribution is 2.55. The SMILES string of the molecule is CC(C)C1(C(C#N)C#N)c2ccccc2Oc2ccccc21. The first-order valence-corrected chi connectivity index (χ1v) is 7.32. The molecule has 3 heteroatoms. The van der Waals surface area contributed by atoms with E-state index in [0.717, 1.165) is 22.6 Å². The van der Waals surface area contributed by atoms with Crippen LogP contribution in [0.3, 0.4) is 0 Å². The van der Waals surface area contributed by atoms with Gasteiger partial charge in [0.05, 0.1) is 17.6 Å². The lowest BCUT2D eigenvalue weighted by molar-refractivity contribution is 0.287. The van der Waals surface area contributed by atoms with Crippen molar-refractivity contribution in [1.29, 1.82) is 10.5 Å². The first-order valence-electron chi connectivity index (χ1n) is 7.32. The lowest BCUT2D eigenvalue weighted by Crippen LogP contribution is -2.42. The molecular formula is C19H16N2O. The maximum Gasteiger partial charge on any atom is 0.147 e. The van der Waals surface area contributed by atoms with Gasteiger partial charge in [0.2, 0.25) is 0 Å². The molecule has 0 atom stereocenters. The van der Waals surface area contributed by atoms with Crippen molar-refractivity contribution in [3.05, 3.63) is 59.7 Å². The molecule has 0 bridgehead atoms. The number of ether oxygens (including phenoxy) is 1. The van der Waals surface area contributed by atoms with Crippen LogP contribution in [0.1, 0.15) is 25.0 Å². The van der Waals surface area contributed by atoms with Crippen LogP contribution in [0.5, 0.6) is 11.5 Å². The Morgan fingerprint density at radius 1 is 0.864 bits per heavy atom. The fourth-order valence-electron chi connectivity index (χ4n) is 3.56. The molecule has 0 saturated heterocycles. The largest absolute Gasteiger partial charge is 0.457 e. The maximum absolute atomic E-state index is 9.63. The van der Waals surface area contributed by atoms with Crippen LogP contribution >= 0.6 is 0 Å². The van der Waals surface area contributed by atoms with Crippen molar-refractivity contribution >= 4 is 0 Å². The quantitative estimate of drug-likeness (QED) is 0.823. The number of benzene rings is 2. The molecule has 0 fully saturated rings. The summed E-state index contributed by atoms with van der Waals surface area (Å²) in [7, 11) is 0. The van der Waals surface area contributed by atoms with Crippen molar-refractivity contribution in [2.75, 3.05) is 0 Å². The minimum atomic E-state index is -0.779. The zero-order valence-corrected chi connectivity index (χ0v) is 12.6. The van der Waals surface area contributed by atoms with Gasteiger partial charge >= 0.3 is 0 Å². The molecule has 3 nitrogen and oxygen atoms in total. The maximum atomic E-state index is 9.63. The monoisotopic (exact) mass is 288 g/mol. The van der Waals surface area contributed by atoms with E-state index in [-0.39, 0.29) is 5.92 Å². The highest BCUT2D eigenvalue weighted by atomic mass is 16.5. The molecule has 2 aromatic carbocycles. The van der Waals surface area contributed by atoms with Crippen molar-refractivity contribution < 1.29 is 4.74 Å². The van der Waals surface area contributed by atoms with Crippen LogP contribution in [0.2, 0.25) is 0 Å². The number of rotatable bonds is 2. The average Bonchev–Trinajstić information content (AvgIpc) is 2.54. The third kappa shape index (κ3) is 1.73. The van der Waals surface area contributed by atoms with Crippen LogP contribution in [-0.4, -0.2) is 0 Å². The molecule has 0 unspecified atom stereocenters. The molecule has 1 aliphatic rings. The van der Waals surface area contributed by atoms with E-state index < -0.39 is 11.3 Å². The van der Waals surface area contributed by atoms with Crippen molar-refractivity contribution in [2.45, 2.75) is 19.3 Å². The molecule has 0 aromatic heterocycles. The minimum Gasteiger partial charge on any atom is -0.457 e. The second-order valence-electron chi connectivity index (χ2n) is 5.81. The van der Waals surface area contributed by atoms with Gasteiger partial charge in [0.15, 0.2) is 0 Å². The van der Waals surface area contributed by atoms with E-state index in [2.05, 4.69) is 26.0 Å². The molecule has 0 radical (unpaired) electrons. The summed E-state index contributed by atoms with van der Waals surface area (Å²) in [5.41, 5.74) is 1.14. The second-order valence-corrected chi connectivity index (χ2v) is 5.81. The number of hydrogen-bond acceptors (Lipinski definition) is 3. The minimum absolute atomic E-state index is 0.0722. The predicted molar refractivity (Wildman–Crippen MR) is 83.3 cm³/mol. The molecular weight excluding hydrogens is 272 g/mol. The molecule has 0 N–H and O–H groups in total. The third-order valence-corrected chi connectivity index (χ3v) is 4.51. The molecule has 1 aliphatic heterocycles. The smallest absolute Gasteiger partial charge is 0.147 e. The normalized spacial score (nSPS) is 14.5. The lowest BCUT2D eigenvalue weighted by Gasteiger charge is -2.44. The van der Waals surface area contributed by atoms with E-state index in [1.807, 2.05) is 48.5 Å². The first kappa shape index (κ1) is 14.2. The van der Waals surface area contributed by atoms with Gasteiger partial charge in [-0.05, 0) is 18.1 Å². The summed E-state index contributed by atoms with van der Waals surface area (Å²) in [4.78, 5) is 0. The fourth-order valence-corrected chi connectivity index (χ4v) is 3.56. The summed E-state index contributed by atoms with van der Waals surface area (Å²) in [6.07, 6.45) is 0. The lowest BCUT2D eigenvalue weighted by atomic mass is 9.59. The van der Waals surface area contributed by atoms with E-state index in [1.165, 1.54) is 0 Å². The van der Waals surface area contributed by atoms with Crippen molar-refractivity contribution in [3.63, 3.8) is 0 Å².